The number of para-hydroxylation sites is 8. The van der Waals surface area contributed by atoms with Crippen molar-refractivity contribution in [3.05, 3.63) is 249 Å². The number of benzene rings is 10. The number of hydrogen-bond acceptors (Lipinski definition) is 1. The van der Waals surface area contributed by atoms with Gasteiger partial charge >= 0.3 is 0 Å². The molecule has 0 saturated carbocycles. The minimum atomic E-state index is -0.381. The van der Waals surface area contributed by atoms with Gasteiger partial charge < -0.3 is 9.13 Å². The molecule has 0 N–H and O–H groups in total. The normalized spacial score (nSPS) is 13.6. The van der Waals surface area contributed by atoms with Crippen molar-refractivity contribution in [3.8, 4) is 45.3 Å². The summed E-state index contributed by atoms with van der Waals surface area (Å²) >= 11 is 0. The Labute approximate surface area is 413 Å². The van der Waals surface area contributed by atoms with E-state index >= 15 is 0 Å². The Morgan fingerprint density at radius 2 is 0.700 bits per heavy atom. The zero-order valence-corrected chi connectivity index (χ0v) is 37.3. The molecule has 0 atom stereocenters. The van der Waals surface area contributed by atoms with Gasteiger partial charge in [-0.2, -0.15) is 0 Å². The Kier molecular flexibility index (Phi) is 6.76. The van der Waals surface area contributed by atoms with Crippen molar-refractivity contribution < 1.29 is 11.0 Å². The van der Waals surface area contributed by atoms with Gasteiger partial charge in [-0.1, -0.05) is 170 Å². The van der Waals surface area contributed by atoms with Crippen molar-refractivity contribution >= 4 is 87.2 Å². The second-order valence-electron chi connectivity index (χ2n) is 17.7. The molecule has 5 aromatic heterocycles. The topological polar surface area (TPSA) is 32.6 Å². The van der Waals surface area contributed by atoms with Crippen molar-refractivity contribution in [2.24, 2.45) is 0 Å². The van der Waals surface area contributed by atoms with Gasteiger partial charge in [0.25, 0.3) is 0 Å². The molecular formula is C65H41N5. The van der Waals surface area contributed by atoms with E-state index in [-0.39, 0.29) is 59.4 Å². The third kappa shape index (κ3) is 5.57. The van der Waals surface area contributed by atoms with Crippen LogP contribution < -0.4 is 0 Å². The molecule has 0 aliphatic carbocycles. The molecule has 0 spiro atoms. The van der Waals surface area contributed by atoms with E-state index in [9.17, 15) is 5.48 Å². The summed E-state index contributed by atoms with van der Waals surface area (Å²) in [5, 5.41) is 6.39. The molecule has 5 heteroatoms. The first-order valence-corrected chi connectivity index (χ1v) is 23.3. The average molecular weight is 900 g/mol. The van der Waals surface area contributed by atoms with Crippen molar-refractivity contribution in [3.63, 3.8) is 0 Å². The Bertz CT molecular complexity index is 4840. The molecule has 0 amide bonds. The molecule has 0 fully saturated rings. The summed E-state index contributed by atoms with van der Waals surface area (Å²) in [5.41, 5.74) is 11.0. The van der Waals surface area contributed by atoms with Gasteiger partial charge in [-0.15, -0.1) is 0 Å². The first kappa shape index (κ1) is 31.5. The maximum absolute atomic E-state index is 9.54. The lowest BCUT2D eigenvalue weighted by atomic mass is 9.92. The molecule has 0 saturated heterocycles. The van der Waals surface area contributed by atoms with Crippen molar-refractivity contribution in [1.82, 2.24) is 23.3 Å². The maximum Gasteiger partial charge on any atom is 0.140 e. The number of aromatic nitrogens is 5. The molecular weight excluding hydrogens is 851 g/mol. The molecule has 10 aromatic carbocycles. The van der Waals surface area contributed by atoms with Crippen LogP contribution in [0.3, 0.4) is 0 Å². The van der Waals surface area contributed by atoms with Crippen LogP contribution in [0.2, 0.25) is 0 Å². The zero-order chi connectivity index (χ0) is 52.8. The van der Waals surface area contributed by atoms with Gasteiger partial charge in [0.05, 0.1) is 60.8 Å². The van der Waals surface area contributed by atoms with Gasteiger partial charge in [-0.3, -0.25) is 9.13 Å². The fourth-order valence-electron chi connectivity index (χ4n) is 11.2. The summed E-state index contributed by atoms with van der Waals surface area (Å²) in [6.07, 6.45) is 0. The number of nitrogens with zero attached hydrogens (tertiary/aromatic N) is 5. The second-order valence-corrected chi connectivity index (χ2v) is 17.7. The van der Waals surface area contributed by atoms with Gasteiger partial charge in [0, 0.05) is 54.3 Å². The maximum atomic E-state index is 9.54. The predicted molar refractivity (Wildman–Crippen MR) is 292 cm³/mol. The van der Waals surface area contributed by atoms with Gasteiger partial charge in [-0.05, 0) is 95.5 Å². The Balaban J connectivity index is 1.12. The zero-order valence-electron chi connectivity index (χ0n) is 45.3. The van der Waals surface area contributed by atoms with Crippen LogP contribution in [-0.4, -0.2) is 23.3 Å². The van der Waals surface area contributed by atoms with E-state index in [0.717, 1.165) is 71.7 Å². The highest BCUT2D eigenvalue weighted by Gasteiger charge is 2.24. The van der Waals surface area contributed by atoms with E-state index in [2.05, 4.69) is 137 Å². The molecule has 15 aromatic rings. The van der Waals surface area contributed by atoms with E-state index < -0.39 is 0 Å². The van der Waals surface area contributed by atoms with E-state index in [0.29, 0.717) is 49.8 Å². The lowest BCUT2D eigenvalue weighted by Crippen LogP contribution is -2.06. The highest BCUT2D eigenvalue weighted by Crippen LogP contribution is 2.44. The number of hydrogen-bond donors (Lipinski definition) is 0. The van der Waals surface area contributed by atoms with Crippen LogP contribution in [0.1, 0.15) is 11.0 Å². The van der Waals surface area contributed by atoms with E-state index in [1.807, 2.05) is 81.9 Å². The summed E-state index contributed by atoms with van der Waals surface area (Å²) in [5.74, 6) is 0.653. The summed E-state index contributed by atoms with van der Waals surface area (Å²) in [4.78, 5) is 5.50. The largest absolute Gasteiger partial charge is 0.309 e. The molecule has 5 nitrogen and oxygen atoms in total. The van der Waals surface area contributed by atoms with E-state index in [1.165, 1.54) is 0 Å². The SMILES string of the molecule is [2H]c1c([2H])c([2H])c2c(c1[2H])c1ccccc1n2-c1cc(-c2c(-c3cccc(-n4c5ccccc5c5ccccc54)c3)cccc2-n2c3ccccc3c3ccccc32)cc(-n2c3ccccc3c3c([2H])c([2H])c([2H])c([2H])c32)n1. The Morgan fingerprint density at radius 3 is 1.19 bits per heavy atom. The highest BCUT2D eigenvalue weighted by molar-refractivity contribution is 6.13. The van der Waals surface area contributed by atoms with Gasteiger partial charge in [0.15, 0.2) is 0 Å². The molecule has 0 unspecified atom stereocenters. The van der Waals surface area contributed by atoms with E-state index in [1.54, 1.807) is 0 Å². The van der Waals surface area contributed by atoms with Crippen molar-refractivity contribution in [1.29, 1.82) is 0 Å². The summed E-state index contributed by atoms with van der Waals surface area (Å²) in [6, 6.07) is 65.3. The van der Waals surface area contributed by atoms with Crippen LogP contribution >= 0.6 is 0 Å². The molecule has 70 heavy (non-hydrogen) atoms. The van der Waals surface area contributed by atoms with Gasteiger partial charge in [0.1, 0.15) is 11.6 Å². The second kappa shape index (κ2) is 15.0. The molecule has 15 rings (SSSR count). The quantitative estimate of drug-likeness (QED) is 0.164. The molecule has 5 heterocycles. The third-order valence-corrected chi connectivity index (χ3v) is 14.0. The van der Waals surface area contributed by atoms with Crippen LogP contribution in [0.5, 0.6) is 0 Å². The fraction of sp³-hybridized carbons (Fsp3) is 0. The van der Waals surface area contributed by atoms with Crippen LogP contribution in [0.4, 0.5) is 0 Å². The minimum Gasteiger partial charge on any atom is -0.309 e. The molecule has 326 valence electrons. The van der Waals surface area contributed by atoms with E-state index in [4.69, 9.17) is 10.5 Å². The van der Waals surface area contributed by atoms with Gasteiger partial charge in [0.2, 0.25) is 0 Å². The van der Waals surface area contributed by atoms with Gasteiger partial charge in [-0.25, -0.2) is 4.98 Å². The number of rotatable bonds is 6. The molecule has 0 aliphatic rings. The smallest absolute Gasteiger partial charge is 0.140 e. The first-order chi connectivity index (χ1) is 38.1. The highest BCUT2D eigenvalue weighted by atomic mass is 15.1. The summed E-state index contributed by atoms with van der Waals surface area (Å²) in [6.45, 7) is 0. The lowest BCUT2D eigenvalue weighted by Gasteiger charge is -2.21. The minimum absolute atomic E-state index is 0.169. The monoisotopic (exact) mass is 899 g/mol. The standard InChI is InChI=1S/C65H41N5/c1-9-30-54-46(21-1)47-22-2-10-31-55(47)67(54)44-20-17-19-42(39-44)45-29-18-38-62(68-56-32-11-3-23-48(56)49-24-4-12-33-57(49)68)65(45)43-40-63(69-58-34-13-5-25-50(58)51-26-6-14-35-59(51)69)66-64(41-43)70-60-36-15-7-27-52(60)53-28-8-16-37-61(53)70/h1-41H/i5D,7D,13D,15D,25D,27D,34D,36D. The van der Waals surface area contributed by atoms with Crippen LogP contribution in [0, 0.1) is 0 Å². The van der Waals surface area contributed by atoms with Crippen LogP contribution in [0.25, 0.3) is 132 Å². The molecule has 0 bridgehead atoms. The molecule has 0 aliphatic heterocycles. The third-order valence-electron chi connectivity index (χ3n) is 14.0. The predicted octanol–water partition coefficient (Wildman–Crippen LogP) is 16.8. The molecule has 0 radical (unpaired) electrons. The number of pyridine rings is 1. The lowest BCUT2D eigenvalue weighted by molar-refractivity contribution is 1.01. The first-order valence-electron chi connectivity index (χ1n) is 27.3. The average Bonchev–Trinajstić information content (AvgIpc) is 4.31. The fourth-order valence-corrected chi connectivity index (χ4v) is 11.2. The van der Waals surface area contributed by atoms with Crippen LogP contribution in [0.15, 0.2) is 249 Å². The van der Waals surface area contributed by atoms with Crippen molar-refractivity contribution in [2.45, 2.75) is 0 Å². The Hall–Kier alpha value is -9.45. The van der Waals surface area contributed by atoms with Crippen LogP contribution in [-0.2, 0) is 0 Å². The number of fused-ring (bicyclic) bond motifs is 12. The summed E-state index contributed by atoms with van der Waals surface area (Å²) < 4.78 is 81.6. The Morgan fingerprint density at radius 1 is 0.300 bits per heavy atom. The summed E-state index contributed by atoms with van der Waals surface area (Å²) in [7, 11) is 0. The van der Waals surface area contributed by atoms with Crippen molar-refractivity contribution in [2.75, 3.05) is 0 Å².